The molecule has 7 nitrogen and oxygen atoms in total. The molecule has 3 heterocycles. The number of fused-ring (bicyclic) bond motifs is 3. The molecule has 0 amide bonds. The molecule has 0 saturated heterocycles. The van der Waals surface area contributed by atoms with Crippen molar-refractivity contribution in [2.24, 2.45) is 0 Å². The van der Waals surface area contributed by atoms with Gasteiger partial charge in [-0.15, -0.1) is 0 Å². The van der Waals surface area contributed by atoms with Crippen LogP contribution in [0.2, 0.25) is 0 Å². The van der Waals surface area contributed by atoms with Gasteiger partial charge in [-0.25, -0.2) is 9.67 Å². The van der Waals surface area contributed by atoms with Crippen molar-refractivity contribution in [2.75, 3.05) is 18.9 Å². The topological polar surface area (TPSA) is 94.6 Å². The van der Waals surface area contributed by atoms with Crippen LogP contribution in [-0.2, 0) is 11.2 Å². The number of pyridine rings is 1. The van der Waals surface area contributed by atoms with Gasteiger partial charge >= 0.3 is 0 Å². The molecule has 24 heavy (non-hydrogen) atoms. The van der Waals surface area contributed by atoms with Gasteiger partial charge in [-0.3, -0.25) is 5.10 Å². The van der Waals surface area contributed by atoms with Crippen LogP contribution in [0.5, 0.6) is 0 Å². The SMILES string of the molecule is CCOCCc1[nH]nc2c(N)nc3cc(-n4cccn4)ccc3c12. The van der Waals surface area contributed by atoms with Gasteiger partial charge in [-0.2, -0.15) is 10.2 Å². The first-order valence-corrected chi connectivity index (χ1v) is 7.92. The van der Waals surface area contributed by atoms with Crippen LogP contribution in [-0.4, -0.2) is 38.2 Å². The Kier molecular flexibility index (Phi) is 3.62. The van der Waals surface area contributed by atoms with E-state index in [1.807, 2.05) is 37.4 Å². The van der Waals surface area contributed by atoms with E-state index in [0.717, 1.165) is 34.1 Å². The van der Waals surface area contributed by atoms with Crippen LogP contribution in [0.3, 0.4) is 0 Å². The number of aromatic nitrogens is 5. The van der Waals surface area contributed by atoms with E-state index in [-0.39, 0.29) is 0 Å². The normalized spacial score (nSPS) is 11.5. The maximum absolute atomic E-state index is 6.11. The molecule has 0 fully saturated rings. The molecule has 0 aliphatic rings. The lowest BCUT2D eigenvalue weighted by molar-refractivity contribution is 0.150. The molecule has 1 aromatic carbocycles. The molecule has 3 aromatic heterocycles. The Morgan fingerprint density at radius 2 is 2.25 bits per heavy atom. The van der Waals surface area contributed by atoms with Gasteiger partial charge in [0.15, 0.2) is 5.82 Å². The Hall–Kier alpha value is -2.93. The Labute approximate surface area is 138 Å². The average Bonchev–Trinajstić information content (AvgIpc) is 3.25. The number of ether oxygens (including phenoxy) is 1. The number of nitrogens with one attached hydrogen (secondary N) is 1. The Bertz CT molecular complexity index is 989. The molecule has 122 valence electrons. The number of nitrogens with two attached hydrogens (primary N) is 1. The van der Waals surface area contributed by atoms with E-state index in [2.05, 4.69) is 20.3 Å². The van der Waals surface area contributed by atoms with E-state index in [1.165, 1.54) is 0 Å². The maximum Gasteiger partial charge on any atom is 0.152 e. The molecule has 0 bridgehead atoms. The second-order valence-corrected chi connectivity index (χ2v) is 5.52. The third-order valence-corrected chi connectivity index (χ3v) is 4.04. The molecule has 0 unspecified atom stereocenters. The highest BCUT2D eigenvalue weighted by Gasteiger charge is 2.14. The molecule has 0 aliphatic heterocycles. The summed E-state index contributed by atoms with van der Waals surface area (Å²) < 4.78 is 7.26. The summed E-state index contributed by atoms with van der Waals surface area (Å²) in [6, 6.07) is 7.93. The second kappa shape index (κ2) is 5.93. The predicted molar refractivity (Wildman–Crippen MR) is 93.1 cm³/mol. The first-order valence-electron chi connectivity index (χ1n) is 7.92. The van der Waals surface area contributed by atoms with Gasteiger partial charge < -0.3 is 10.5 Å². The fourth-order valence-corrected chi connectivity index (χ4v) is 2.92. The van der Waals surface area contributed by atoms with E-state index in [1.54, 1.807) is 10.9 Å². The fourth-order valence-electron chi connectivity index (χ4n) is 2.92. The van der Waals surface area contributed by atoms with Crippen molar-refractivity contribution in [3.05, 3.63) is 42.4 Å². The number of hydrogen-bond acceptors (Lipinski definition) is 5. The summed E-state index contributed by atoms with van der Waals surface area (Å²) in [6.07, 6.45) is 4.40. The van der Waals surface area contributed by atoms with Crippen LogP contribution < -0.4 is 5.73 Å². The Balaban J connectivity index is 1.87. The number of nitrogen functional groups attached to an aromatic ring is 1. The minimum Gasteiger partial charge on any atom is -0.382 e. The predicted octanol–water partition coefficient (Wildman–Crippen LogP) is 2.46. The van der Waals surface area contributed by atoms with Crippen LogP contribution in [0.25, 0.3) is 27.5 Å². The molecular formula is C17H18N6O. The molecular weight excluding hydrogens is 304 g/mol. The standard InChI is InChI=1S/C17H18N6O/c1-2-24-9-6-13-15-12-5-4-11(23-8-3-7-19-23)10-14(12)20-17(18)16(15)22-21-13/h3-5,7-8,10H,2,6,9H2,1H3,(H2,18,20)(H,21,22). The summed E-state index contributed by atoms with van der Waals surface area (Å²) in [5.41, 5.74) is 9.61. The van der Waals surface area contributed by atoms with Gasteiger partial charge in [0.25, 0.3) is 0 Å². The van der Waals surface area contributed by atoms with Crippen LogP contribution in [0.1, 0.15) is 12.6 Å². The van der Waals surface area contributed by atoms with Gasteiger partial charge in [0.1, 0.15) is 5.52 Å². The van der Waals surface area contributed by atoms with Crippen LogP contribution in [0, 0.1) is 0 Å². The largest absolute Gasteiger partial charge is 0.382 e. The molecule has 7 heteroatoms. The van der Waals surface area contributed by atoms with E-state index >= 15 is 0 Å². The number of benzene rings is 1. The number of anilines is 1. The zero-order chi connectivity index (χ0) is 16.5. The molecule has 4 aromatic rings. The fraction of sp³-hybridized carbons (Fsp3) is 0.235. The first kappa shape index (κ1) is 14.6. The van der Waals surface area contributed by atoms with Gasteiger partial charge in [0, 0.05) is 41.9 Å². The maximum atomic E-state index is 6.11. The Morgan fingerprint density at radius 3 is 3.04 bits per heavy atom. The number of rotatable bonds is 5. The zero-order valence-corrected chi connectivity index (χ0v) is 13.4. The van der Waals surface area contributed by atoms with Crippen molar-refractivity contribution in [1.29, 1.82) is 0 Å². The van der Waals surface area contributed by atoms with Crippen molar-refractivity contribution in [3.8, 4) is 5.69 Å². The minimum absolute atomic E-state index is 0.425. The van der Waals surface area contributed by atoms with Gasteiger partial charge in [-0.05, 0) is 31.2 Å². The number of hydrogen-bond donors (Lipinski definition) is 2. The summed E-state index contributed by atoms with van der Waals surface area (Å²) in [4.78, 5) is 4.51. The van der Waals surface area contributed by atoms with Crippen molar-refractivity contribution >= 4 is 27.6 Å². The summed E-state index contributed by atoms with van der Waals surface area (Å²) in [5.74, 6) is 0.425. The van der Waals surface area contributed by atoms with Crippen LogP contribution in [0.4, 0.5) is 5.82 Å². The second-order valence-electron chi connectivity index (χ2n) is 5.52. The lowest BCUT2D eigenvalue weighted by Crippen LogP contribution is -2.00. The third kappa shape index (κ3) is 2.39. The Morgan fingerprint density at radius 1 is 1.33 bits per heavy atom. The summed E-state index contributed by atoms with van der Waals surface area (Å²) >= 11 is 0. The van der Waals surface area contributed by atoms with E-state index in [9.17, 15) is 0 Å². The number of nitrogens with zero attached hydrogens (tertiary/aromatic N) is 4. The summed E-state index contributed by atoms with van der Waals surface area (Å²) in [5, 5.41) is 13.7. The van der Waals surface area contributed by atoms with E-state index in [0.29, 0.717) is 24.5 Å². The summed E-state index contributed by atoms with van der Waals surface area (Å²) in [7, 11) is 0. The van der Waals surface area contributed by atoms with E-state index in [4.69, 9.17) is 10.5 Å². The zero-order valence-electron chi connectivity index (χ0n) is 13.4. The van der Waals surface area contributed by atoms with E-state index < -0.39 is 0 Å². The molecule has 0 atom stereocenters. The van der Waals surface area contributed by atoms with Crippen LogP contribution >= 0.6 is 0 Å². The van der Waals surface area contributed by atoms with Gasteiger partial charge in [-0.1, -0.05) is 0 Å². The first-order chi connectivity index (χ1) is 11.8. The highest BCUT2D eigenvalue weighted by Crippen LogP contribution is 2.30. The van der Waals surface area contributed by atoms with Gasteiger partial charge in [0.2, 0.25) is 0 Å². The molecule has 0 saturated carbocycles. The van der Waals surface area contributed by atoms with Crippen molar-refractivity contribution in [2.45, 2.75) is 13.3 Å². The number of aromatic amines is 1. The van der Waals surface area contributed by atoms with Crippen molar-refractivity contribution in [3.63, 3.8) is 0 Å². The van der Waals surface area contributed by atoms with Gasteiger partial charge in [0.05, 0.1) is 17.8 Å². The van der Waals surface area contributed by atoms with Crippen molar-refractivity contribution in [1.82, 2.24) is 25.0 Å². The molecule has 0 spiro atoms. The number of H-pyrrole nitrogens is 1. The molecule has 0 aliphatic carbocycles. The lowest BCUT2D eigenvalue weighted by Gasteiger charge is -2.07. The highest BCUT2D eigenvalue weighted by molar-refractivity contribution is 6.09. The van der Waals surface area contributed by atoms with Crippen molar-refractivity contribution < 1.29 is 4.74 Å². The minimum atomic E-state index is 0.425. The monoisotopic (exact) mass is 322 g/mol. The van der Waals surface area contributed by atoms with Crippen LogP contribution in [0.15, 0.2) is 36.7 Å². The smallest absolute Gasteiger partial charge is 0.152 e. The molecule has 4 rings (SSSR count). The third-order valence-electron chi connectivity index (χ3n) is 4.04. The lowest BCUT2D eigenvalue weighted by atomic mass is 10.1. The molecule has 3 N–H and O–H groups in total. The average molecular weight is 322 g/mol. The summed E-state index contributed by atoms with van der Waals surface area (Å²) in [6.45, 7) is 3.33. The molecule has 0 radical (unpaired) electrons. The quantitative estimate of drug-likeness (QED) is 0.550. The highest BCUT2D eigenvalue weighted by atomic mass is 16.5.